The van der Waals surface area contributed by atoms with Crippen molar-refractivity contribution in [2.75, 3.05) is 6.54 Å². The number of hydrogen-bond acceptors (Lipinski definition) is 2. The zero-order valence-electron chi connectivity index (χ0n) is 12.5. The maximum atomic E-state index is 11.5. The third kappa shape index (κ3) is 6.85. The fourth-order valence-electron chi connectivity index (χ4n) is 1.78. The van der Waals surface area contributed by atoms with Crippen molar-refractivity contribution in [1.82, 2.24) is 5.32 Å². The largest absolute Gasteiger partial charge is 0.444 e. The van der Waals surface area contributed by atoms with E-state index >= 15 is 0 Å². The summed E-state index contributed by atoms with van der Waals surface area (Å²) in [5.41, 5.74) is 2.16. The molecule has 1 aromatic rings. The van der Waals surface area contributed by atoms with Crippen LogP contribution in [0.1, 0.15) is 45.2 Å². The van der Waals surface area contributed by atoms with Crippen LogP contribution in [-0.4, -0.2) is 18.2 Å². The number of amides is 1. The van der Waals surface area contributed by atoms with Gasteiger partial charge in [0.25, 0.3) is 0 Å². The Morgan fingerprint density at radius 2 is 1.63 bits per heavy atom. The minimum atomic E-state index is -0.439. The molecule has 0 saturated carbocycles. The van der Waals surface area contributed by atoms with E-state index in [0.29, 0.717) is 6.54 Å². The van der Waals surface area contributed by atoms with E-state index in [9.17, 15) is 4.79 Å². The average Bonchev–Trinajstić information content (AvgIpc) is 2.29. The first-order valence-electron chi connectivity index (χ1n) is 6.95. The number of benzene rings is 1. The molecule has 0 spiro atoms. The van der Waals surface area contributed by atoms with Crippen LogP contribution in [0.3, 0.4) is 0 Å². The SMILES string of the molecule is CCCc1ccc(CCNC(=O)OC(C)(C)C)cc1. The Morgan fingerprint density at radius 1 is 1.11 bits per heavy atom. The number of alkyl carbamates (subject to hydrolysis) is 1. The van der Waals surface area contributed by atoms with E-state index in [1.807, 2.05) is 20.8 Å². The molecule has 0 bridgehead atoms. The average molecular weight is 263 g/mol. The molecule has 106 valence electrons. The van der Waals surface area contributed by atoms with Gasteiger partial charge in [-0.3, -0.25) is 0 Å². The minimum Gasteiger partial charge on any atom is -0.444 e. The van der Waals surface area contributed by atoms with Crippen LogP contribution in [0, 0.1) is 0 Å². The smallest absolute Gasteiger partial charge is 0.407 e. The highest BCUT2D eigenvalue weighted by Gasteiger charge is 2.15. The van der Waals surface area contributed by atoms with Gasteiger partial charge in [0, 0.05) is 6.54 Å². The van der Waals surface area contributed by atoms with Crippen molar-refractivity contribution >= 4 is 6.09 Å². The van der Waals surface area contributed by atoms with Gasteiger partial charge in [-0.25, -0.2) is 4.79 Å². The molecule has 0 unspecified atom stereocenters. The van der Waals surface area contributed by atoms with Crippen LogP contribution >= 0.6 is 0 Å². The van der Waals surface area contributed by atoms with E-state index in [-0.39, 0.29) is 6.09 Å². The van der Waals surface area contributed by atoms with Crippen LogP contribution in [-0.2, 0) is 17.6 Å². The molecule has 0 aliphatic heterocycles. The molecule has 0 heterocycles. The summed E-state index contributed by atoms with van der Waals surface area (Å²) in [5, 5.41) is 2.77. The summed E-state index contributed by atoms with van der Waals surface area (Å²) in [6, 6.07) is 8.57. The number of aryl methyl sites for hydroxylation is 1. The summed E-state index contributed by atoms with van der Waals surface area (Å²) in [7, 11) is 0. The van der Waals surface area contributed by atoms with E-state index in [2.05, 4.69) is 36.5 Å². The molecule has 3 nitrogen and oxygen atoms in total. The number of ether oxygens (including phenoxy) is 1. The van der Waals surface area contributed by atoms with Crippen LogP contribution in [0.5, 0.6) is 0 Å². The van der Waals surface area contributed by atoms with Gasteiger partial charge >= 0.3 is 6.09 Å². The second-order valence-electron chi connectivity index (χ2n) is 5.75. The van der Waals surface area contributed by atoms with Gasteiger partial charge in [-0.05, 0) is 44.7 Å². The number of nitrogens with one attached hydrogen (secondary N) is 1. The van der Waals surface area contributed by atoms with Crippen molar-refractivity contribution in [3.05, 3.63) is 35.4 Å². The maximum absolute atomic E-state index is 11.5. The zero-order chi connectivity index (χ0) is 14.3. The zero-order valence-corrected chi connectivity index (χ0v) is 12.5. The van der Waals surface area contributed by atoms with Gasteiger partial charge in [0.15, 0.2) is 0 Å². The Morgan fingerprint density at radius 3 is 2.11 bits per heavy atom. The van der Waals surface area contributed by atoms with Crippen molar-refractivity contribution in [2.24, 2.45) is 0 Å². The molecule has 0 radical (unpaired) electrons. The number of rotatable bonds is 5. The lowest BCUT2D eigenvalue weighted by atomic mass is 10.1. The Hall–Kier alpha value is -1.51. The van der Waals surface area contributed by atoms with Crippen LogP contribution in [0.2, 0.25) is 0 Å². The van der Waals surface area contributed by atoms with E-state index in [0.717, 1.165) is 12.8 Å². The number of carbonyl (C=O) groups excluding carboxylic acids is 1. The van der Waals surface area contributed by atoms with Crippen molar-refractivity contribution in [3.8, 4) is 0 Å². The van der Waals surface area contributed by atoms with Crippen molar-refractivity contribution in [1.29, 1.82) is 0 Å². The molecule has 1 aromatic carbocycles. The summed E-state index contributed by atoms with van der Waals surface area (Å²) in [6.07, 6.45) is 2.76. The molecule has 3 heteroatoms. The summed E-state index contributed by atoms with van der Waals surface area (Å²) < 4.78 is 5.18. The Bertz CT molecular complexity index is 390. The normalized spacial score (nSPS) is 11.2. The van der Waals surface area contributed by atoms with E-state index < -0.39 is 5.60 Å². The summed E-state index contributed by atoms with van der Waals surface area (Å²) in [5.74, 6) is 0. The first-order chi connectivity index (χ1) is 8.90. The van der Waals surface area contributed by atoms with E-state index in [1.165, 1.54) is 17.5 Å². The fraction of sp³-hybridized carbons (Fsp3) is 0.562. The first-order valence-corrected chi connectivity index (χ1v) is 6.95. The van der Waals surface area contributed by atoms with E-state index in [4.69, 9.17) is 4.74 Å². The lowest BCUT2D eigenvalue weighted by molar-refractivity contribution is 0.0528. The van der Waals surface area contributed by atoms with Gasteiger partial charge in [0.1, 0.15) is 5.60 Å². The van der Waals surface area contributed by atoms with Crippen LogP contribution in [0.25, 0.3) is 0 Å². The topological polar surface area (TPSA) is 38.3 Å². The monoisotopic (exact) mass is 263 g/mol. The lowest BCUT2D eigenvalue weighted by Gasteiger charge is -2.19. The first kappa shape index (κ1) is 15.5. The molecule has 0 aliphatic rings. The van der Waals surface area contributed by atoms with Gasteiger partial charge < -0.3 is 10.1 Å². The second-order valence-corrected chi connectivity index (χ2v) is 5.75. The molecular weight excluding hydrogens is 238 g/mol. The number of carbonyl (C=O) groups is 1. The minimum absolute atomic E-state index is 0.352. The van der Waals surface area contributed by atoms with Gasteiger partial charge in [-0.2, -0.15) is 0 Å². The molecule has 0 saturated heterocycles. The fourth-order valence-corrected chi connectivity index (χ4v) is 1.78. The quantitative estimate of drug-likeness (QED) is 0.879. The van der Waals surface area contributed by atoms with Gasteiger partial charge in [-0.1, -0.05) is 37.6 Å². The Labute approximate surface area is 116 Å². The van der Waals surface area contributed by atoms with Gasteiger partial charge in [-0.15, -0.1) is 0 Å². The number of hydrogen-bond donors (Lipinski definition) is 1. The highest BCUT2D eigenvalue weighted by Crippen LogP contribution is 2.08. The van der Waals surface area contributed by atoms with Crippen LogP contribution in [0.4, 0.5) is 4.79 Å². The molecule has 0 atom stereocenters. The second kappa shape index (κ2) is 7.17. The van der Waals surface area contributed by atoms with Crippen LogP contribution < -0.4 is 5.32 Å². The summed E-state index contributed by atoms with van der Waals surface area (Å²) in [6.45, 7) is 8.36. The lowest BCUT2D eigenvalue weighted by Crippen LogP contribution is -2.33. The molecule has 1 rings (SSSR count). The molecule has 0 aromatic heterocycles. The molecule has 19 heavy (non-hydrogen) atoms. The standard InChI is InChI=1S/C16H25NO2/c1-5-6-13-7-9-14(10-8-13)11-12-17-15(18)19-16(2,3)4/h7-10H,5-6,11-12H2,1-4H3,(H,17,18). The highest BCUT2D eigenvalue weighted by atomic mass is 16.6. The molecule has 1 amide bonds. The maximum Gasteiger partial charge on any atom is 0.407 e. The molecular formula is C16H25NO2. The Balaban J connectivity index is 2.31. The predicted octanol–water partition coefficient (Wildman–Crippen LogP) is 3.71. The summed E-state index contributed by atoms with van der Waals surface area (Å²) >= 11 is 0. The van der Waals surface area contributed by atoms with E-state index in [1.54, 1.807) is 0 Å². The highest BCUT2D eigenvalue weighted by molar-refractivity contribution is 5.67. The third-order valence-electron chi connectivity index (χ3n) is 2.64. The molecule has 0 aliphatic carbocycles. The Kier molecular flexibility index (Phi) is 5.87. The van der Waals surface area contributed by atoms with Gasteiger partial charge in [0.2, 0.25) is 0 Å². The molecule has 1 N–H and O–H groups in total. The molecule has 0 fully saturated rings. The van der Waals surface area contributed by atoms with Crippen molar-refractivity contribution in [3.63, 3.8) is 0 Å². The van der Waals surface area contributed by atoms with Crippen LogP contribution in [0.15, 0.2) is 24.3 Å². The van der Waals surface area contributed by atoms with Gasteiger partial charge in [0.05, 0.1) is 0 Å². The van der Waals surface area contributed by atoms with Crippen molar-refractivity contribution in [2.45, 2.75) is 52.6 Å². The predicted molar refractivity (Wildman–Crippen MR) is 78.4 cm³/mol. The summed E-state index contributed by atoms with van der Waals surface area (Å²) in [4.78, 5) is 11.5. The third-order valence-corrected chi connectivity index (χ3v) is 2.64. The van der Waals surface area contributed by atoms with Crippen molar-refractivity contribution < 1.29 is 9.53 Å².